The predicted molar refractivity (Wildman–Crippen MR) is 83.4 cm³/mol. The second kappa shape index (κ2) is 7.12. The van der Waals surface area contributed by atoms with Crippen molar-refractivity contribution in [2.75, 3.05) is 6.61 Å². The summed E-state index contributed by atoms with van der Waals surface area (Å²) in [6.45, 7) is 4.87. The zero-order valence-corrected chi connectivity index (χ0v) is 12.3. The minimum absolute atomic E-state index is 0.0876. The third-order valence-corrected chi connectivity index (χ3v) is 2.75. The van der Waals surface area contributed by atoms with Crippen LogP contribution in [0.25, 0.3) is 10.9 Å². The molecule has 0 atom stereocenters. The normalized spacial score (nSPS) is 10.7. The zero-order valence-electron chi connectivity index (χ0n) is 12.3. The van der Waals surface area contributed by atoms with Gasteiger partial charge in [-0.25, -0.2) is 0 Å². The van der Waals surface area contributed by atoms with E-state index < -0.39 is 10.9 Å². The van der Waals surface area contributed by atoms with Crippen molar-refractivity contribution in [2.45, 2.75) is 6.92 Å². The molecular weight excluding hydrogens is 302 g/mol. The van der Waals surface area contributed by atoms with Crippen molar-refractivity contribution >= 4 is 28.8 Å². The summed E-state index contributed by atoms with van der Waals surface area (Å²) in [7, 11) is 0. The number of benzene rings is 1. The molecule has 0 saturated carbocycles. The van der Waals surface area contributed by atoms with Gasteiger partial charge in [-0.3, -0.25) is 19.9 Å². The van der Waals surface area contributed by atoms with Crippen molar-refractivity contribution in [1.82, 2.24) is 4.98 Å². The number of carbonyl (C=O) groups is 1. The molecule has 8 heteroatoms. The fraction of sp³-hybridized carbons (Fsp3) is 0.133. The molecule has 0 unspecified atom stereocenters. The molecule has 0 fully saturated rings. The number of pyridine rings is 1. The third kappa shape index (κ3) is 3.67. The summed E-state index contributed by atoms with van der Waals surface area (Å²) in [5.41, 5.74) is 0.235. The van der Waals surface area contributed by atoms with Gasteiger partial charge in [0, 0.05) is 24.8 Å². The van der Waals surface area contributed by atoms with Crippen LogP contribution in [-0.2, 0) is 9.63 Å². The minimum Gasteiger partial charge on any atom is -0.424 e. The predicted octanol–water partition coefficient (Wildman–Crippen LogP) is 2.60. The maximum Gasteiger partial charge on any atom is 0.308 e. The molecule has 23 heavy (non-hydrogen) atoms. The lowest BCUT2D eigenvalue weighted by Crippen LogP contribution is -2.06. The summed E-state index contributed by atoms with van der Waals surface area (Å²) in [6.07, 6.45) is 4.17. The summed E-state index contributed by atoms with van der Waals surface area (Å²) < 4.78 is 5.16. The maximum absolute atomic E-state index is 11.3. The highest BCUT2D eigenvalue weighted by molar-refractivity contribution is 6.01. The average molecular weight is 315 g/mol. The van der Waals surface area contributed by atoms with E-state index >= 15 is 0 Å². The van der Waals surface area contributed by atoms with E-state index in [1.165, 1.54) is 37.5 Å². The molecule has 2 rings (SSSR count). The fourth-order valence-corrected chi connectivity index (χ4v) is 1.91. The Morgan fingerprint density at radius 1 is 1.57 bits per heavy atom. The summed E-state index contributed by atoms with van der Waals surface area (Å²) in [6, 6.07) is 4.35. The quantitative estimate of drug-likeness (QED) is 0.154. The van der Waals surface area contributed by atoms with Gasteiger partial charge in [-0.1, -0.05) is 17.8 Å². The molecule has 0 amide bonds. The molecule has 0 bridgehead atoms. The van der Waals surface area contributed by atoms with Crippen LogP contribution in [0.4, 0.5) is 5.69 Å². The molecule has 0 radical (unpaired) electrons. The number of oxime groups is 1. The lowest BCUT2D eigenvalue weighted by molar-refractivity contribution is -0.383. The Morgan fingerprint density at radius 2 is 2.35 bits per heavy atom. The number of hydrogen-bond donors (Lipinski definition) is 0. The average Bonchev–Trinajstić information content (AvgIpc) is 2.52. The molecule has 0 N–H and O–H groups in total. The number of nitro benzene ring substituents is 1. The van der Waals surface area contributed by atoms with Crippen molar-refractivity contribution in [3.8, 4) is 5.75 Å². The minimum atomic E-state index is -0.576. The van der Waals surface area contributed by atoms with Gasteiger partial charge in [0.2, 0.25) is 0 Å². The number of nitro groups is 1. The molecule has 0 saturated heterocycles. The summed E-state index contributed by atoms with van der Waals surface area (Å²) in [5, 5.41) is 15.2. The van der Waals surface area contributed by atoms with E-state index in [2.05, 4.69) is 16.7 Å². The molecule has 0 aliphatic carbocycles. The number of esters is 1. The van der Waals surface area contributed by atoms with Crippen LogP contribution in [0.3, 0.4) is 0 Å². The largest absolute Gasteiger partial charge is 0.424 e. The monoisotopic (exact) mass is 315 g/mol. The summed E-state index contributed by atoms with van der Waals surface area (Å²) >= 11 is 0. The van der Waals surface area contributed by atoms with Gasteiger partial charge in [0.05, 0.1) is 16.5 Å². The van der Waals surface area contributed by atoms with Crippen LogP contribution in [0, 0.1) is 10.1 Å². The van der Waals surface area contributed by atoms with Crippen LogP contribution in [0.15, 0.2) is 42.2 Å². The number of ether oxygens (including phenoxy) is 1. The van der Waals surface area contributed by atoms with Crippen molar-refractivity contribution in [2.24, 2.45) is 5.16 Å². The SMILES string of the molecule is C=CCO/N=C/c1cc([N+](=O)[O-])c2cccnc2c1OC(C)=O. The Hall–Kier alpha value is -3.29. The zero-order chi connectivity index (χ0) is 16.8. The van der Waals surface area contributed by atoms with Crippen molar-refractivity contribution in [3.05, 3.63) is 52.7 Å². The van der Waals surface area contributed by atoms with Gasteiger partial charge in [0.15, 0.2) is 5.75 Å². The topological polar surface area (TPSA) is 104 Å². The van der Waals surface area contributed by atoms with E-state index in [1.807, 2.05) is 0 Å². The van der Waals surface area contributed by atoms with E-state index in [0.29, 0.717) is 0 Å². The molecular formula is C15H13N3O5. The lowest BCUT2D eigenvalue weighted by Gasteiger charge is -2.09. The molecule has 1 aromatic carbocycles. The maximum atomic E-state index is 11.3. The van der Waals surface area contributed by atoms with Gasteiger partial charge in [-0.2, -0.15) is 0 Å². The second-order valence-corrected chi connectivity index (χ2v) is 4.38. The Balaban J connectivity index is 2.66. The van der Waals surface area contributed by atoms with Crippen LogP contribution in [0.1, 0.15) is 12.5 Å². The van der Waals surface area contributed by atoms with E-state index in [4.69, 9.17) is 9.57 Å². The highest BCUT2D eigenvalue weighted by Gasteiger charge is 2.21. The van der Waals surface area contributed by atoms with E-state index in [-0.39, 0.29) is 34.5 Å². The Labute approximate surface area is 131 Å². The highest BCUT2D eigenvalue weighted by atomic mass is 16.6. The summed E-state index contributed by atoms with van der Waals surface area (Å²) in [5.74, 6) is -0.489. The van der Waals surface area contributed by atoms with E-state index in [1.54, 1.807) is 6.07 Å². The fourth-order valence-electron chi connectivity index (χ4n) is 1.91. The third-order valence-electron chi connectivity index (χ3n) is 2.75. The number of rotatable bonds is 6. The lowest BCUT2D eigenvalue weighted by atomic mass is 10.1. The summed E-state index contributed by atoms with van der Waals surface area (Å²) in [4.78, 5) is 31.0. The number of carbonyl (C=O) groups excluding carboxylic acids is 1. The molecule has 118 valence electrons. The van der Waals surface area contributed by atoms with Crippen molar-refractivity contribution < 1.29 is 19.3 Å². The molecule has 2 aromatic rings. The van der Waals surface area contributed by atoms with E-state index in [0.717, 1.165) is 0 Å². The van der Waals surface area contributed by atoms with Gasteiger partial charge >= 0.3 is 5.97 Å². The first kappa shape index (κ1) is 16.1. The van der Waals surface area contributed by atoms with Crippen LogP contribution in [0.5, 0.6) is 5.75 Å². The Bertz CT molecular complexity index is 801. The van der Waals surface area contributed by atoms with Gasteiger partial charge in [0.1, 0.15) is 12.1 Å². The first-order valence-electron chi connectivity index (χ1n) is 6.55. The van der Waals surface area contributed by atoms with Crippen LogP contribution < -0.4 is 4.74 Å². The molecule has 1 aromatic heterocycles. The van der Waals surface area contributed by atoms with Crippen LogP contribution >= 0.6 is 0 Å². The first-order chi connectivity index (χ1) is 11.0. The van der Waals surface area contributed by atoms with Crippen molar-refractivity contribution in [3.63, 3.8) is 0 Å². The van der Waals surface area contributed by atoms with Crippen LogP contribution in [0.2, 0.25) is 0 Å². The number of non-ortho nitro benzene ring substituents is 1. The molecule has 0 aliphatic rings. The number of fused-ring (bicyclic) bond motifs is 1. The smallest absolute Gasteiger partial charge is 0.308 e. The number of aromatic nitrogens is 1. The number of hydrogen-bond acceptors (Lipinski definition) is 7. The molecule has 0 aliphatic heterocycles. The first-order valence-corrected chi connectivity index (χ1v) is 6.55. The van der Waals surface area contributed by atoms with Crippen molar-refractivity contribution in [1.29, 1.82) is 0 Å². The van der Waals surface area contributed by atoms with Gasteiger partial charge in [-0.05, 0) is 12.1 Å². The second-order valence-electron chi connectivity index (χ2n) is 4.38. The Morgan fingerprint density at radius 3 is 3.00 bits per heavy atom. The molecule has 1 heterocycles. The molecule has 8 nitrogen and oxygen atoms in total. The van der Waals surface area contributed by atoms with Gasteiger partial charge in [-0.15, -0.1) is 0 Å². The molecule has 0 spiro atoms. The van der Waals surface area contributed by atoms with E-state index in [9.17, 15) is 14.9 Å². The van der Waals surface area contributed by atoms with Crippen LogP contribution in [-0.4, -0.2) is 28.7 Å². The highest BCUT2D eigenvalue weighted by Crippen LogP contribution is 2.34. The van der Waals surface area contributed by atoms with Gasteiger partial charge in [0.25, 0.3) is 5.69 Å². The standard InChI is InChI=1S/C15H13N3O5/c1-3-7-22-17-9-11-8-13(18(20)21)12-5-4-6-16-14(12)15(11)23-10(2)19/h3-6,8-9H,1,7H2,2H3/b17-9+. The number of nitrogens with zero attached hydrogens (tertiary/aromatic N) is 3. The Kier molecular flexibility index (Phi) is 4.98. The van der Waals surface area contributed by atoms with Gasteiger partial charge < -0.3 is 9.57 Å².